The maximum atomic E-state index is 12.4. The highest BCUT2D eigenvalue weighted by Crippen LogP contribution is 2.31. The summed E-state index contributed by atoms with van der Waals surface area (Å²) < 4.78 is 0. The number of nitrogens with one attached hydrogen (secondary N) is 1. The largest absolute Gasteiger partial charge is 0.325 e. The summed E-state index contributed by atoms with van der Waals surface area (Å²) in [6, 6.07) is 7.41. The van der Waals surface area contributed by atoms with Gasteiger partial charge in [0.2, 0.25) is 17.7 Å². The van der Waals surface area contributed by atoms with E-state index in [9.17, 15) is 14.4 Å². The zero-order valence-corrected chi connectivity index (χ0v) is 14.5. The number of aryl methyl sites for hydroxylation is 1. The predicted molar refractivity (Wildman–Crippen MR) is 92.3 cm³/mol. The van der Waals surface area contributed by atoms with Crippen LogP contribution >= 0.6 is 11.8 Å². The third-order valence-electron chi connectivity index (χ3n) is 3.76. The lowest BCUT2D eigenvalue weighted by atomic mass is 10.2. The van der Waals surface area contributed by atoms with E-state index in [1.807, 2.05) is 39.0 Å². The second-order valence-corrected chi connectivity index (χ2v) is 7.02. The van der Waals surface area contributed by atoms with Gasteiger partial charge in [0.15, 0.2) is 0 Å². The Hall–Kier alpha value is -1.82. The SMILES string of the molecule is CC[C@H]1S[C@H](CC)C(=O)N(CC(=O)Nc2cccc(C)c2)C1=O. The summed E-state index contributed by atoms with van der Waals surface area (Å²) in [5, 5.41) is 2.25. The third-order valence-corrected chi connectivity index (χ3v) is 5.48. The first-order valence-electron chi connectivity index (χ1n) is 7.83. The minimum atomic E-state index is -0.353. The summed E-state index contributed by atoms with van der Waals surface area (Å²) in [5.41, 5.74) is 1.70. The van der Waals surface area contributed by atoms with E-state index in [1.54, 1.807) is 6.07 Å². The van der Waals surface area contributed by atoms with Crippen molar-refractivity contribution in [2.45, 2.75) is 44.1 Å². The number of benzene rings is 1. The number of amides is 3. The van der Waals surface area contributed by atoms with Gasteiger partial charge in [-0.15, -0.1) is 11.8 Å². The smallest absolute Gasteiger partial charge is 0.244 e. The van der Waals surface area contributed by atoms with Crippen LogP contribution in [0.25, 0.3) is 0 Å². The van der Waals surface area contributed by atoms with Crippen LogP contribution in [0, 0.1) is 6.92 Å². The topological polar surface area (TPSA) is 66.5 Å². The zero-order chi connectivity index (χ0) is 17.0. The van der Waals surface area contributed by atoms with Crippen LogP contribution in [-0.2, 0) is 14.4 Å². The number of hydrogen-bond donors (Lipinski definition) is 1. The molecule has 1 N–H and O–H groups in total. The average Bonchev–Trinajstić information content (AvgIpc) is 2.52. The lowest BCUT2D eigenvalue weighted by molar-refractivity contribution is -0.147. The van der Waals surface area contributed by atoms with Gasteiger partial charge in [0.25, 0.3) is 0 Å². The van der Waals surface area contributed by atoms with E-state index in [0.29, 0.717) is 18.5 Å². The fourth-order valence-electron chi connectivity index (χ4n) is 2.54. The standard InChI is InChI=1S/C17H22N2O3S/c1-4-13-16(21)19(17(22)14(5-2)23-13)10-15(20)18-12-8-6-7-11(3)9-12/h6-9,13-14H,4-5,10H2,1-3H3,(H,18,20)/t13-,14-/m1/s1. The van der Waals surface area contributed by atoms with E-state index in [2.05, 4.69) is 5.32 Å². The number of hydrogen-bond acceptors (Lipinski definition) is 4. The fraction of sp³-hybridized carbons (Fsp3) is 0.471. The van der Waals surface area contributed by atoms with Crippen LogP contribution in [0.2, 0.25) is 0 Å². The summed E-state index contributed by atoms with van der Waals surface area (Å²) in [5.74, 6) is -0.868. The molecule has 6 heteroatoms. The van der Waals surface area contributed by atoms with Crippen molar-refractivity contribution in [3.8, 4) is 0 Å². The Balaban J connectivity index is 2.08. The second kappa shape index (κ2) is 7.64. The first kappa shape index (κ1) is 17.5. The molecule has 1 heterocycles. The zero-order valence-electron chi connectivity index (χ0n) is 13.7. The molecule has 1 aromatic rings. The molecule has 1 aliphatic heterocycles. The normalized spacial score (nSPS) is 21.4. The number of thioether (sulfide) groups is 1. The Labute approximate surface area is 140 Å². The number of nitrogens with zero attached hydrogens (tertiary/aromatic N) is 1. The van der Waals surface area contributed by atoms with Crippen LogP contribution < -0.4 is 5.32 Å². The predicted octanol–water partition coefficient (Wildman–Crippen LogP) is 2.59. The molecule has 0 aliphatic carbocycles. The van der Waals surface area contributed by atoms with Gasteiger partial charge < -0.3 is 5.32 Å². The van der Waals surface area contributed by atoms with Gasteiger partial charge in [-0.25, -0.2) is 0 Å². The molecular weight excluding hydrogens is 312 g/mol. The van der Waals surface area contributed by atoms with E-state index in [4.69, 9.17) is 0 Å². The first-order chi connectivity index (χ1) is 11.0. The molecular formula is C17H22N2O3S. The Morgan fingerprint density at radius 3 is 2.30 bits per heavy atom. The highest BCUT2D eigenvalue weighted by Gasteiger charge is 2.40. The van der Waals surface area contributed by atoms with Crippen molar-refractivity contribution in [1.82, 2.24) is 4.90 Å². The minimum Gasteiger partial charge on any atom is -0.325 e. The van der Waals surface area contributed by atoms with Crippen molar-refractivity contribution in [2.24, 2.45) is 0 Å². The van der Waals surface area contributed by atoms with E-state index in [0.717, 1.165) is 10.5 Å². The Morgan fingerprint density at radius 2 is 1.78 bits per heavy atom. The molecule has 1 saturated heterocycles. The average molecular weight is 334 g/mol. The molecule has 3 amide bonds. The van der Waals surface area contributed by atoms with Gasteiger partial charge in [-0.05, 0) is 37.5 Å². The van der Waals surface area contributed by atoms with E-state index < -0.39 is 0 Å². The third kappa shape index (κ3) is 4.13. The summed E-state index contributed by atoms with van der Waals surface area (Å²) in [4.78, 5) is 38.1. The van der Waals surface area contributed by atoms with Crippen LogP contribution in [0.1, 0.15) is 32.3 Å². The van der Waals surface area contributed by atoms with Crippen LogP contribution in [0.4, 0.5) is 5.69 Å². The maximum Gasteiger partial charge on any atom is 0.244 e. The summed E-state index contributed by atoms with van der Waals surface area (Å²) >= 11 is 1.41. The summed E-state index contributed by atoms with van der Waals surface area (Å²) in [7, 11) is 0. The van der Waals surface area contributed by atoms with Crippen LogP contribution in [0.15, 0.2) is 24.3 Å². The highest BCUT2D eigenvalue weighted by atomic mass is 32.2. The van der Waals surface area contributed by atoms with Gasteiger partial charge in [-0.1, -0.05) is 26.0 Å². The minimum absolute atomic E-state index is 0.223. The van der Waals surface area contributed by atoms with E-state index >= 15 is 0 Å². The number of imide groups is 1. The van der Waals surface area contributed by atoms with Crippen molar-refractivity contribution < 1.29 is 14.4 Å². The quantitative estimate of drug-likeness (QED) is 0.841. The molecule has 2 atom stereocenters. The number of carbonyl (C=O) groups is 3. The van der Waals surface area contributed by atoms with Gasteiger partial charge >= 0.3 is 0 Å². The monoisotopic (exact) mass is 334 g/mol. The highest BCUT2D eigenvalue weighted by molar-refractivity contribution is 8.02. The van der Waals surface area contributed by atoms with Gasteiger partial charge in [-0.3, -0.25) is 19.3 Å². The molecule has 0 aromatic heterocycles. The van der Waals surface area contributed by atoms with E-state index in [1.165, 1.54) is 11.8 Å². The number of rotatable bonds is 5. The molecule has 0 unspecified atom stereocenters. The molecule has 5 nitrogen and oxygen atoms in total. The van der Waals surface area contributed by atoms with Gasteiger partial charge in [0.05, 0.1) is 10.5 Å². The molecule has 124 valence electrons. The lowest BCUT2D eigenvalue weighted by Crippen LogP contribution is -2.53. The Morgan fingerprint density at radius 1 is 1.17 bits per heavy atom. The van der Waals surface area contributed by atoms with Crippen LogP contribution in [0.5, 0.6) is 0 Å². The molecule has 2 rings (SSSR count). The van der Waals surface area contributed by atoms with Gasteiger partial charge in [0.1, 0.15) is 6.54 Å². The molecule has 23 heavy (non-hydrogen) atoms. The molecule has 0 radical (unpaired) electrons. The molecule has 1 aliphatic rings. The Bertz CT molecular complexity index is 596. The number of carbonyl (C=O) groups excluding carboxylic acids is 3. The second-order valence-electron chi connectivity index (χ2n) is 5.61. The van der Waals surface area contributed by atoms with Gasteiger partial charge in [0, 0.05) is 5.69 Å². The number of anilines is 1. The van der Waals surface area contributed by atoms with Crippen molar-refractivity contribution in [3.05, 3.63) is 29.8 Å². The van der Waals surface area contributed by atoms with Crippen molar-refractivity contribution in [3.63, 3.8) is 0 Å². The van der Waals surface area contributed by atoms with Crippen LogP contribution in [0.3, 0.4) is 0 Å². The molecule has 1 fully saturated rings. The summed E-state index contributed by atoms with van der Waals surface area (Å²) in [6.07, 6.45) is 1.31. The molecule has 1 aromatic carbocycles. The first-order valence-corrected chi connectivity index (χ1v) is 8.77. The molecule has 0 spiro atoms. The van der Waals surface area contributed by atoms with Gasteiger partial charge in [-0.2, -0.15) is 0 Å². The summed E-state index contributed by atoms with van der Waals surface area (Å²) in [6.45, 7) is 5.55. The van der Waals surface area contributed by atoms with Crippen molar-refractivity contribution in [1.29, 1.82) is 0 Å². The fourth-order valence-corrected chi connectivity index (χ4v) is 3.80. The molecule has 0 bridgehead atoms. The maximum absolute atomic E-state index is 12.4. The molecule has 0 saturated carbocycles. The van der Waals surface area contributed by atoms with Crippen LogP contribution in [-0.4, -0.2) is 39.7 Å². The van der Waals surface area contributed by atoms with Crippen molar-refractivity contribution >= 4 is 35.2 Å². The van der Waals surface area contributed by atoms with Crippen molar-refractivity contribution in [2.75, 3.05) is 11.9 Å². The van der Waals surface area contributed by atoms with E-state index in [-0.39, 0.29) is 34.8 Å². The Kier molecular flexibility index (Phi) is 5.82. The lowest BCUT2D eigenvalue weighted by Gasteiger charge is -2.34.